The lowest BCUT2D eigenvalue weighted by Crippen LogP contribution is -2.56. The lowest BCUT2D eigenvalue weighted by molar-refractivity contribution is 0.0615. The van der Waals surface area contributed by atoms with Gasteiger partial charge in [0.15, 0.2) is 0 Å². The van der Waals surface area contributed by atoms with Gasteiger partial charge in [-0.15, -0.1) is 12.4 Å². The minimum atomic E-state index is 0. The van der Waals surface area contributed by atoms with Crippen molar-refractivity contribution in [2.24, 2.45) is 0 Å². The second-order valence-corrected chi connectivity index (χ2v) is 6.51. The van der Waals surface area contributed by atoms with Gasteiger partial charge in [-0.05, 0) is 48.0 Å². The summed E-state index contributed by atoms with van der Waals surface area (Å²) in [5.41, 5.74) is 0.721. The molecule has 0 bridgehead atoms. The van der Waals surface area contributed by atoms with Crippen molar-refractivity contribution in [2.45, 2.75) is 25.9 Å². The summed E-state index contributed by atoms with van der Waals surface area (Å²) < 4.78 is 1.80. The molecule has 1 N–H and O–H groups in total. The van der Waals surface area contributed by atoms with E-state index in [1.165, 1.54) is 0 Å². The van der Waals surface area contributed by atoms with Crippen LogP contribution in [0, 0.1) is 0 Å². The van der Waals surface area contributed by atoms with E-state index >= 15 is 0 Å². The standard InChI is InChI=1S/C13H16Br2N2O.ClH/c1-8-7-17(9(2)6-16-8)13(18)11-4-3-10(14)5-12(11)15;/h3-5,8-9,16H,6-7H2,1-2H3;1H. The number of nitrogens with zero attached hydrogens (tertiary/aromatic N) is 1. The van der Waals surface area contributed by atoms with Crippen LogP contribution in [0.2, 0.25) is 0 Å². The quantitative estimate of drug-likeness (QED) is 0.766. The maximum atomic E-state index is 12.5. The van der Waals surface area contributed by atoms with Crippen molar-refractivity contribution >= 4 is 50.2 Å². The Kier molecular flexibility index (Phi) is 6.30. The van der Waals surface area contributed by atoms with Gasteiger partial charge in [-0.3, -0.25) is 4.79 Å². The summed E-state index contributed by atoms with van der Waals surface area (Å²) >= 11 is 6.85. The summed E-state index contributed by atoms with van der Waals surface area (Å²) in [6, 6.07) is 6.23. The molecule has 0 radical (unpaired) electrons. The van der Waals surface area contributed by atoms with Crippen molar-refractivity contribution < 1.29 is 4.79 Å². The zero-order chi connectivity index (χ0) is 13.3. The van der Waals surface area contributed by atoms with Gasteiger partial charge in [0.25, 0.3) is 5.91 Å². The fourth-order valence-corrected chi connectivity index (χ4v) is 3.34. The van der Waals surface area contributed by atoms with Crippen molar-refractivity contribution in [3.63, 3.8) is 0 Å². The second-order valence-electron chi connectivity index (χ2n) is 4.74. The minimum absolute atomic E-state index is 0. The molecule has 2 unspecified atom stereocenters. The molecule has 1 aliphatic rings. The predicted molar refractivity (Wildman–Crippen MR) is 87.1 cm³/mol. The van der Waals surface area contributed by atoms with Gasteiger partial charge in [-0.2, -0.15) is 0 Å². The van der Waals surface area contributed by atoms with E-state index in [9.17, 15) is 4.79 Å². The Balaban J connectivity index is 0.00000180. The fourth-order valence-electron chi connectivity index (χ4n) is 2.12. The van der Waals surface area contributed by atoms with Crippen LogP contribution < -0.4 is 5.32 Å². The summed E-state index contributed by atoms with van der Waals surface area (Å²) in [4.78, 5) is 14.5. The number of rotatable bonds is 1. The largest absolute Gasteiger partial charge is 0.333 e. The van der Waals surface area contributed by atoms with Crippen LogP contribution >= 0.6 is 44.3 Å². The molecule has 1 fully saturated rings. The van der Waals surface area contributed by atoms with Crippen molar-refractivity contribution in [1.82, 2.24) is 10.2 Å². The van der Waals surface area contributed by atoms with Gasteiger partial charge in [0.05, 0.1) is 5.56 Å². The molecule has 2 rings (SSSR count). The van der Waals surface area contributed by atoms with E-state index in [1.807, 2.05) is 23.1 Å². The first-order valence-electron chi connectivity index (χ1n) is 5.98. The Morgan fingerprint density at radius 2 is 2.05 bits per heavy atom. The van der Waals surface area contributed by atoms with Gasteiger partial charge in [0, 0.05) is 34.1 Å². The first kappa shape index (κ1) is 17.0. The van der Waals surface area contributed by atoms with Crippen LogP contribution in [-0.2, 0) is 0 Å². The third kappa shape index (κ3) is 3.94. The van der Waals surface area contributed by atoms with E-state index in [-0.39, 0.29) is 24.4 Å². The molecule has 1 amide bonds. The van der Waals surface area contributed by atoms with E-state index in [1.54, 1.807) is 0 Å². The third-order valence-electron chi connectivity index (χ3n) is 3.19. The molecule has 1 heterocycles. The van der Waals surface area contributed by atoms with E-state index < -0.39 is 0 Å². The Morgan fingerprint density at radius 1 is 1.37 bits per heavy atom. The summed E-state index contributed by atoms with van der Waals surface area (Å²) in [7, 11) is 0. The van der Waals surface area contributed by atoms with Crippen LogP contribution in [0.4, 0.5) is 0 Å². The Bertz CT molecular complexity index is 470. The normalized spacial score (nSPS) is 22.8. The van der Waals surface area contributed by atoms with Gasteiger partial charge in [0.2, 0.25) is 0 Å². The number of piperazine rings is 1. The summed E-state index contributed by atoms with van der Waals surface area (Å²) in [5.74, 6) is 0.0928. The predicted octanol–water partition coefficient (Wildman–Crippen LogP) is 3.46. The SMILES string of the molecule is CC1CN(C(=O)c2ccc(Br)cc2Br)C(C)CN1.Cl. The van der Waals surface area contributed by atoms with Gasteiger partial charge >= 0.3 is 0 Å². The molecule has 106 valence electrons. The van der Waals surface area contributed by atoms with Crippen molar-refractivity contribution in [2.75, 3.05) is 13.1 Å². The molecule has 1 aromatic rings. The number of hydrogen-bond acceptors (Lipinski definition) is 2. The number of carbonyl (C=O) groups is 1. The molecule has 3 nitrogen and oxygen atoms in total. The molecule has 6 heteroatoms. The number of carbonyl (C=O) groups excluding carboxylic acids is 1. The highest BCUT2D eigenvalue weighted by molar-refractivity contribution is 9.11. The first-order valence-corrected chi connectivity index (χ1v) is 7.57. The Hall–Kier alpha value is -0.100. The van der Waals surface area contributed by atoms with Gasteiger partial charge in [-0.1, -0.05) is 15.9 Å². The van der Waals surface area contributed by atoms with E-state index in [0.29, 0.717) is 6.04 Å². The number of benzene rings is 1. The molecule has 19 heavy (non-hydrogen) atoms. The molecule has 1 aliphatic heterocycles. The molecule has 0 spiro atoms. The highest BCUT2D eigenvalue weighted by atomic mass is 79.9. The van der Waals surface area contributed by atoms with Crippen molar-refractivity contribution in [3.8, 4) is 0 Å². The lowest BCUT2D eigenvalue weighted by atomic mass is 10.1. The van der Waals surface area contributed by atoms with E-state index in [2.05, 4.69) is 51.0 Å². The van der Waals surface area contributed by atoms with E-state index in [4.69, 9.17) is 0 Å². The molecule has 0 aromatic heterocycles. The molecule has 0 saturated carbocycles. The maximum absolute atomic E-state index is 12.5. The van der Waals surface area contributed by atoms with Crippen molar-refractivity contribution in [3.05, 3.63) is 32.7 Å². The highest BCUT2D eigenvalue weighted by Crippen LogP contribution is 2.24. The summed E-state index contributed by atoms with van der Waals surface area (Å²) in [6.07, 6.45) is 0. The molecular weight excluding hydrogens is 395 g/mol. The van der Waals surface area contributed by atoms with Crippen LogP contribution in [0.15, 0.2) is 27.1 Å². The lowest BCUT2D eigenvalue weighted by Gasteiger charge is -2.37. The Labute approximate surface area is 136 Å². The van der Waals surface area contributed by atoms with E-state index in [0.717, 1.165) is 27.6 Å². The zero-order valence-corrected chi connectivity index (χ0v) is 14.8. The molecule has 2 atom stereocenters. The molecule has 1 saturated heterocycles. The van der Waals surface area contributed by atoms with Gasteiger partial charge in [-0.25, -0.2) is 0 Å². The monoisotopic (exact) mass is 410 g/mol. The topological polar surface area (TPSA) is 32.3 Å². The van der Waals surface area contributed by atoms with Gasteiger partial charge < -0.3 is 10.2 Å². The van der Waals surface area contributed by atoms with Crippen LogP contribution in [0.1, 0.15) is 24.2 Å². The number of hydrogen-bond donors (Lipinski definition) is 1. The maximum Gasteiger partial charge on any atom is 0.255 e. The fraction of sp³-hybridized carbons (Fsp3) is 0.462. The average molecular weight is 413 g/mol. The van der Waals surface area contributed by atoms with Crippen molar-refractivity contribution in [1.29, 1.82) is 0 Å². The van der Waals surface area contributed by atoms with Crippen LogP contribution in [-0.4, -0.2) is 36.0 Å². The van der Waals surface area contributed by atoms with Crippen LogP contribution in [0.5, 0.6) is 0 Å². The summed E-state index contributed by atoms with van der Waals surface area (Å²) in [5, 5.41) is 3.38. The molecular formula is C13H17Br2ClN2O. The zero-order valence-electron chi connectivity index (χ0n) is 10.8. The highest BCUT2D eigenvalue weighted by Gasteiger charge is 2.28. The van der Waals surface area contributed by atoms with Crippen LogP contribution in [0.25, 0.3) is 0 Å². The number of halogens is 3. The molecule has 1 aromatic carbocycles. The molecule has 0 aliphatic carbocycles. The number of amides is 1. The smallest absolute Gasteiger partial charge is 0.255 e. The number of nitrogens with one attached hydrogen (secondary N) is 1. The summed E-state index contributed by atoms with van der Waals surface area (Å²) in [6.45, 7) is 5.77. The average Bonchev–Trinajstić information content (AvgIpc) is 2.31. The Morgan fingerprint density at radius 3 is 2.68 bits per heavy atom. The third-order valence-corrected chi connectivity index (χ3v) is 4.34. The van der Waals surface area contributed by atoms with Crippen LogP contribution in [0.3, 0.4) is 0 Å². The van der Waals surface area contributed by atoms with Gasteiger partial charge in [0.1, 0.15) is 0 Å². The first-order chi connectivity index (χ1) is 8.49. The minimum Gasteiger partial charge on any atom is -0.333 e. The second kappa shape index (κ2) is 7.07.